The second-order valence-electron chi connectivity index (χ2n) is 3.03. The number of hydrogen-bond acceptors (Lipinski definition) is 4. The molecule has 0 radical (unpaired) electrons. The Morgan fingerprint density at radius 2 is 2.12 bits per heavy atom. The fraction of sp³-hybridized carbons (Fsp3) is 0.222. The van der Waals surface area contributed by atoms with Crippen LogP contribution in [0.1, 0.15) is 10.4 Å². The number of benzene rings is 1. The van der Waals surface area contributed by atoms with Gasteiger partial charge in [0, 0.05) is 18.2 Å². The zero-order valence-electron chi connectivity index (χ0n) is 8.44. The van der Waals surface area contributed by atoms with Crippen LogP contribution in [0.25, 0.3) is 0 Å². The van der Waals surface area contributed by atoms with E-state index in [4.69, 9.17) is 28.3 Å². The van der Waals surface area contributed by atoms with E-state index in [2.05, 4.69) is 5.32 Å². The van der Waals surface area contributed by atoms with Crippen LogP contribution in [0, 0.1) is 10.1 Å². The van der Waals surface area contributed by atoms with Gasteiger partial charge in [0.2, 0.25) is 0 Å². The van der Waals surface area contributed by atoms with Gasteiger partial charge in [0.05, 0.1) is 16.6 Å². The molecule has 17 heavy (non-hydrogen) atoms. The van der Waals surface area contributed by atoms with Crippen molar-refractivity contribution in [2.24, 2.45) is 0 Å². The number of nitro groups is 1. The lowest BCUT2D eigenvalue weighted by Gasteiger charge is -2.05. The Kier molecular flexibility index (Phi) is 4.68. The third-order valence-electron chi connectivity index (χ3n) is 1.87. The number of amides is 1. The Labute approximate surface area is 106 Å². The van der Waals surface area contributed by atoms with Crippen molar-refractivity contribution in [2.75, 3.05) is 13.2 Å². The molecule has 0 saturated carbocycles. The van der Waals surface area contributed by atoms with Crippen LogP contribution >= 0.6 is 23.2 Å². The Hall–Kier alpha value is -1.37. The van der Waals surface area contributed by atoms with Crippen molar-refractivity contribution >= 4 is 34.8 Å². The predicted molar refractivity (Wildman–Crippen MR) is 62.5 cm³/mol. The zero-order chi connectivity index (χ0) is 13.0. The summed E-state index contributed by atoms with van der Waals surface area (Å²) >= 11 is 11.3. The molecule has 2 N–H and O–H groups in total. The highest BCUT2D eigenvalue weighted by atomic mass is 35.5. The zero-order valence-corrected chi connectivity index (χ0v) is 9.96. The maximum atomic E-state index is 11.5. The van der Waals surface area contributed by atoms with Crippen LogP contribution in [0.2, 0.25) is 10.0 Å². The molecule has 1 rings (SSSR count). The van der Waals surface area contributed by atoms with Crippen LogP contribution in [0.4, 0.5) is 5.69 Å². The molecular weight excluding hydrogens is 271 g/mol. The van der Waals surface area contributed by atoms with Gasteiger partial charge < -0.3 is 10.4 Å². The van der Waals surface area contributed by atoms with Gasteiger partial charge in [0.25, 0.3) is 11.6 Å². The maximum absolute atomic E-state index is 11.5. The standard InChI is InChI=1S/C9H8Cl2N2O4/c10-6-3-5(9(15)12-1-2-14)4-7(8(6)11)13(16)17/h3-4,14H,1-2H2,(H,12,15). The number of nitro benzene ring substituents is 1. The fourth-order valence-electron chi connectivity index (χ4n) is 1.11. The van der Waals surface area contributed by atoms with Gasteiger partial charge in [-0.15, -0.1) is 0 Å². The molecule has 0 bridgehead atoms. The topological polar surface area (TPSA) is 92.5 Å². The number of nitrogens with zero attached hydrogens (tertiary/aromatic N) is 1. The Morgan fingerprint density at radius 1 is 1.47 bits per heavy atom. The highest BCUT2D eigenvalue weighted by Crippen LogP contribution is 2.32. The molecule has 0 heterocycles. The summed E-state index contributed by atoms with van der Waals surface area (Å²) in [6.07, 6.45) is 0. The number of nitrogens with one attached hydrogen (secondary N) is 1. The third kappa shape index (κ3) is 3.29. The molecule has 0 aromatic heterocycles. The number of rotatable bonds is 4. The lowest BCUT2D eigenvalue weighted by Crippen LogP contribution is -2.26. The van der Waals surface area contributed by atoms with Crippen LogP contribution < -0.4 is 5.32 Å². The first-order valence-electron chi connectivity index (χ1n) is 4.50. The van der Waals surface area contributed by atoms with E-state index in [9.17, 15) is 14.9 Å². The summed E-state index contributed by atoms with van der Waals surface area (Å²) in [6.45, 7) is -0.179. The average molecular weight is 279 g/mol. The van der Waals surface area contributed by atoms with E-state index in [1.807, 2.05) is 0 Å². The summed E-state index contributed by atoms with van der Waals surface area (Å²) in [5.74, 6) is -0.569. The van der Waals surface area contributed by atoms with Gasteiger partial charge in [0.15, 0.2) is 0 Å². The van der Waals surface area contributed by atoms with E-state index in [1.165, 1.54) is 6.07 Å². The van der Waals surface area contributed by atoms with Gasteiger partial charge in [-0.05, 0) is 6.07 Å². The first-order chi connectivity index (χ1) is 7.97. The van der Waals surface area contributed by atoms with E-state index in [0.717, 1.165) is 6.07 Å². The second kappa shape index (κ2) is 5.81. The number of aliphatic hydroxyl groups excluding tert-OH is 1. The van der Waals surface area contributed by atoms with Crippen molar-refractivity contribution in [2.45, 2.75) is 0 Å². The summed E-state index contributed by atoms with van der Waals surface area (Å²) in [5.41, 5.74) is -0.423. The largest absolute Gasteiger partial charge is 0.395 e. The SMILES string of the molecule is O=C(NCCO)c1cc(Cl)c(Cl)c([N+](=O)[O-])c1. The van der Waals surface area contributed by atoms with Crippen LogP contribution in [0.5, 0.6) is 0 Å². The molecule has 0 aliphatic carbocycles. The van der Waals surface area contributed by atoms with Gasteiger partial charge in [0.1, 0.15) is 5.02 Å². The first-order valence-corrected chi connectivity index (χ1v) is 5.25. The van der Waals surface area contributed by atoms with Gasteiger partial charge in [-0.3, -0.25) is 14.9 Å². The van der Waals surface area contributed by atoms with E-state index in [-0.39, 0.29) is 28.8 Å². The van der Waals surface area contributed by atoms with Gasteiger partial charge in [-0.1, -0.05) is 23.2 Å². The minimum absolute atomic E-state index is 0.0135. The molecule has 92 valence electrons. The molecular formula is C9H8Cl2N2O4. The van der Waals surface area contributed by atoms with Crippen molar-refractivity contribution in [3.8, 4) is 0 Å². The molecule has 0 aliphatic rings. The Morgan fingerprint density at radius 3 is 2.65 bits per heavy atom. The predicted octanol–water partition coefficient (Wildman–Crippen LogP) is 1.62. The summed E-state index contributed by atoms with van der Waals surface area (Å²) in [7, 11) is 0. The number of halogens is 2. The highest BCUT2D eigenvalue weighted by molar-refractivity contribution is 6.43. The van der Waals surface area contributed by atoms with E-state index < -0.39 is 16.5 Å². The number of carbonyl (C=O) groups excluding carboxylic acids is 1. The second-order valence-corrected chi connectivity index (χ2v) is 3.81. The van der Waals surface area contributed by atoms with Gasteiger partial charge in [-0.2, -0.15) is 0 Å². The van der Waals surface area contributed by atoms with Gasteiger partial charge >= 0.3 is 0 Å². The summed E-state index contributed by atoms with van der Waals surface area (Å²) in [5, 5.41) is 21.2. The van der Waals surface area contributed by atoms with Crippen LogP contribution in [0.15, 0.2) is 12.1 Å². The Balaban J connectivity index is 3.10. The van der Waals surface area contributed by atoms with E-state index in [1.54, 1.807) is 0 Å². The molecule has 1 aromatic carbocycles. The van der Waals surface area contributed by atoms with E-state index >= 15 is 0 Å². The monoisotopic (exact) mass is 278 g/mol. The number of aliphatic hydroxyl groups is 1. The minimum Gasteiger partial charge on any atom is -0.395 e. The molecule has 0 aliphatic heterocycles. The maximum Gasteiger partial charge on any atom is 0.290 e. The van der Waals surface area contributed by atoms with Crippen molar-refractivity contribution < 1.29 is 14.8 Å². The van der Waals surface area contributed by atoms with Crippen molar-refractivity contribution in [1.29, 1.82) is 0 Å². The number of hydrogen-bond donors (Lipinski definition) is 2. The van der Waals surface area contributed by atoms with Crippen molar-refractivity contribution in [3.05, 3.63) is 37.9 Å². The summed E-state index contributed by atoms with van der Waals surface area (Å²) in [4.78, 5) is 21.4. The summed E-state index contributed by atoms with van der Waals surface area (Å²) in [6, 6.07) is 2.25. The number of carbonyl (C=O) groups is 1. The molecule has 0 unspecified atom stereocenters. The molecule has 0 saturated heterocycles. The molecule has 6 nitrogen and oxygen atoms in total. The van der Waals surface area contributed by atoms with Crippen LogP contribution in [0.3, 0.4) is 0 Å². The molecule has 1 aromatic rings. The third-order valence-corrected chi connectivity index (χ3v) is 2.66. The van der Waals surface area contributed by atoms with Crippen molar-refractivity contribution in [3.63, 3.8) is 0 Å². The molecule has 0 atom stereocenters. The lowest BCUT2D eigenvalue weighted by atomic mass is 10.2. The van der Waals surface area contributed by atoms with Crippen LogP contribution in [-0.2, 0) is 0 Å². The van der Waals surface area contributed by atoms with E-state index in [0.29, 0.717) is 0 Å². The average Bonchev–Trinajstić information content (AvgIpc) is 2.28. The molecule has 8 heteroatoms. The quantitative estimate of drug-likeness (QED) is 0.647. The molecule has 1 amide bonds. The van der Waals surface area contributed by atoms with Crippen molar-refractivity contribution in [1.82, 2.24) is 5.32 Å². The highest BCUT2D eigenvalue weighted by Gasteiger charge is 2.19. The van der Waals surface area contributed by atoms with Crippen LogP contribution in [-0.4, -0.2) is 29.1 Å². The molecule has 0 spiro atoms. The minimum atomic E-state index is -0.725. The first kappa shape index (κ1) is 13.7. The Bertz CT molecular complexity index is 465. The smallest absolute Gasteiger partial charge is 0.290 e. The lowest BCUT2D eigenvalue weighted by molar-refractivity contribution is -0.384. The van der Waals surface area contributed by atoms with Gasteiger partial charge in [-0.25, -0.2) is 0 Å². The molecule has 0 fully saturated rings. The summed E-state index contributed by atoms with van der Waals surface area (Å²) < 4.78 is 0. The fourth-order valence-corrected chi connectivity index (χ4v) is 1.50. The normalized spacial score (nSPS) is 10.1.